The summed E-state index contributed by atoms with van der Waals surface area (Å²) < 4.78 is 11.4. The Kier molecular flexibility index (Phi) is 6.32. The van der Waals surface area contributed by atoms with E-state index < -0.39 is 0 Å². The van der Waals surface area contributed by atoms with E-state index in [9.17, 15) is 4.79 Å². The van der Waals surface area contributed by atoms with Crippen molar-refractivity contribution in [3.63, 3.8) is 0 Å². The van der Waals surface area contributed by atoms with Gasteiger partial charge < -0.3 is 20.5 Å². The Balaban J connectivity index is 1.57. The maximum Gasteiger partial charge on any atom is 0.227 e. The number of hydrogen-bond donors (Lipinski definition) is 2. The number of benzene rings is 1. The molecule has 1 aromatic carbocycles. The zero-order valence-electron chi connectivity index (χ0n) is 15.1. The first kappa shape index (κ1) is 18.2. The lowest BCUT2D eigenvalue weighted by atomic mass is 9.85. The highest BCUT2D eigenvalue weighted by Crippen LogP contribution is 2.27. The molecule has 3 rings (SSSR count). The molecule has 25 heavy (non-hydrogen) atoms. The SMILES string of the molecule is Cc1ccc(NC(=O)C2CCCC(N)C2)cc1OCC1CCOCC1. The van der Waals surface area contributed by atoms with Crippen LogP contribution in [0.25, 0.3) is 0 Å². The van der Waals surface area contributed by atoms with Crippen LogP contribution in [0.5, 0.6) is 5.75 Å². The first-order valence-electron chi connectivity index (χ1n) is 9.49. The van der Waals surface area contributed by atoms with Crippen molar-refractivity contribution >= 4 is 11.6 Å². The van der Waals surface area contributed by atoms with E-state index >= 15 is 0 Å². The van der Waals surface area contributed by atoms with E-state index in [4.69, 9.17) is 15.2 Å². The van der Waals surface area contributed by atoms with E-state index in [1.54, 1.807) is 0 Å². The number of carbonyl (C=O) groups excluding carboxylic acids is 1. The Bertz CT molecular complexity index is 584. The van der Waals surface area contributed by atoms with E-state index in [0.717, 1.165) is 68.7 Å². The topological polar surface area (TPSA) is 73.6 Å². The third-order valence-corrected chi connectivity index (χ3v) is 5.36. The molecule has 1 amide bonds. The zero-order chi connectivity index (χ0) is 17.6. The van der Waals surface area contributed by atoms with Crippen LogP contribution in [0.1, 0.15) is 44.1 Å². The average Bonchev–Trinajstić information content (AvgIpc) is 2.63. The molecule has 1 saturated carbocycles. The molecule has 1 saturated heterocycles. The molecule has 5 heteroatoms. The van der Waals surface area contributed by atoms with Gasteiger partial charge in [0.15, 0.2) is 0 Å². The quantitative estimate of drug-likeness (QED) is 0.858. The van der Waals surface area contributed by atoms with Crippen LogP contribution in [0.3, 0.4) is 0 Å². The monoisotopic (exact) mass is 346 g/mol. The molecule has 0 radical (unpaired) electrons. The number of rotatable bonds is 5. The van der Waals surface area contributed by atoms with Crippen LogP contribution < -0.4 is 15.8 Å². The average molecular weight is 346 g/mol. The third-order valence-electron chi connectivity index (χ3n) is 5.36. The highest BCUT2D eigenvalue weighted by molar-refractivity contribution is 5.92. The largest absolute Gasteiger partial charge is 0.493 e. The van der Waals surface area contributed by atoms with Crippen LogP contribution in [0, 0.1) is 18.8 Å². The summed E-state index contributed by atoms with van der Waals surface area (Å²) in [5.41, 5.74) is 7.89. The van der Waals surface area contributed by atoms with E-state index in [1.807, 2.05) is 25.1 Å². The first-order chi connectivity index (χ1) is 12.1. The molecule has 0 bridgehead atoms. The van der Waals surface area contributed by atoms with Gasteiger partial charge in [-0.3, -0.25) is 4.79 Å². The minimum absolute atomic E-state index is 0.0247. The van der Waals surface area contributed by atoms with Crippen LogP contribution in [0.4, 0.5) is 5.69 Å². The van der Waals surface area contributed by atoms with Crippen LogP contribution in [-0.2, 0) is 9.53 Å². The summed E-state index contributed by atoms with van der Waals surface area (Å²) in [5, 5.41) is 3.04. The molecule has 1 aromatic rings. The second-order valence-electron chi connectivity index (χ2n) is 7.46. The van der Waals surface area contributed by atoms with Crippen molar-refractivity contribution in [3.05, 3.63) is 23.8 Å². The molecule has 2 aliphatic rings. The number of anilines is 1. The van der Waals surface area contributed by atoms with E-state index in [-0.39, 0.29) is 17.9 Å². The van der Waals surface area contributed by atoms with E-state index in [1.165, 1.54) is 0 Å². The predicted octanol–water partition coefficient (Wildman–Crippen LogP) is 3.26. The molecule has 2 unspecified atom stereocenters. The maximum absolute atomic E-state index is 12.5. The van der Waals surface area contributed by atoms with Gasteiger partial charge in [0.05, 0.1) is 6.61 Å². The third kappa shape index (κ3) is 5.19. The second kappa shape index (κ2) is 8.68. The van der Waals surface area contributed by atoms with Crippen molar-refractivity contribution in [1.82, 2.24) is 0 Å². The van der Waals surface area contributed by atoms with Gasteiger partial charge in [0.25, 0.3) is 0 Å². The molecular weight excluding hydrogens is 316 g/mol. The van der Waals surface area contributed by atoms with Crippen molar-refractivity contribution in [1.29, 1.82) is 0 Å². The van der Waals surface area contributed by atoms with Crippen molar-refractivity contribution in [2.24, 2.45) is 17.6 Å². The number of aryl methyl sites for hydroxylation is 1. The summed E-state index contributed by atoms with van der Waals surface area (Å²) in [6.07, 6.45) is 5.88. The lowest BCUT2D eigenvalue weighted by Gasteiger charge is -2.26. The van der Waals surface area contributed by atoms with Gasteiger partial charge in [0.1, 0.15) is 5.75 Å². The Morgan fingerprint density at radius 3 is 2.84 bits per heavy atom. The number of amides is 1. The van der Waals surface area contributed by atoms with E-state index in [2.05, 4.69) is 5.32 Å². The van der Waals surface area contributed by atoms with Gasteiger partial charge in [0.2, 0.25) is 5.91 Å². The summed E-state index contributed by atoms with van der Waals surface area (Å²) in [6, 6.07) is 6.04. The molecule has 1 heterocycles. The number of hydrogen-bond acceptors (Lipinski definition) is 4. The molecule has 0 aromatic heterocycles. The van der Waals surface area contributed by atoms with Crippen LogP contribution in [0.15, 0.2) is 18.2 Å². The summed E-state index contributed by atoms with van der Waals surface area (Å²) in [7, 11) is 0. The van der Waals surface area contributed by atoms with Gasteiger partial charge in [-0.25, -0.2) is 0 Å². The molecule has 1 aliphatic heterocycles. The van der Waals surface area contributed by atoms with Gasteiger partial charge >= 0.3 is 0 Å². The molecule has 1 aliphatic carbocycles. The van der Waals surface area contributed by atoms with Crippen molar-refractivity contribution in [3.8, 4) is 5.75 Å². The summed E-state index contributed by atoms with van der Waals surface area (Å²) in [4.78, 5) is 12.5. The number of nitrogens with two attached hydrogens (primary N) is 1. The minimum Gasteiger partial charge on any atom is -0.493 e. The fraction of sp³-hybridized carbons (Fsp3) is 0.650. The maximum atomic E-state index is 12.5. The number of carbonyl (C=O) groups is 1. The van der Waals surface area contributed by atoms with Gasteiger partial charge in [0, 0.05) is 36.9 Å². The molecule has 3 N–H and O–H groups in total. The summed E-state index contributed by atoms with van der Waals surface area (Å²) in [5.74, 6) is 1.51. The number of nitrogens with one attached hydrogen (secondary N) is 1. The van der Waals surface area contributed by atoms with Crippen molar-refractivity contribution in [2.45, 2.75) is 51.5 Å². The highest BCUT2D eigenvalue weighted by Gasteiger charge is 2.25. The fourth-order valence-corrected chi connectivity index (χ4v) is 3.66. The second-order valence-corrected chi connectivity index (χ2v) is 7.46. The molecule has 2 fully saturated rings. The molecule has 0 spiro atoms. The first-order valence-corrected chi connectivity index (χ1v) is 9.49. The van der Waals surface area contributed by atoms with Gasteiger partial charge in [-0.2, -0.15) is 0 Å². The van der Waals surface area contributed by atoms with Crippen LogP contribution in [-0.4, -0.2) is 31.8 Å². The van der Waals surface area contributed by atoms with Crippen LogP contribution >= 0.6 is 0 Å². The normalized spacial score (nSPS) is 24.7. The van der Waals surface area contributed by atoms with Gasteiger partial charge in [-0.05, 0) is 56.6 Å². The zero-order valence-corrected chi connectivity index (χ0v) is 15.1. The lowest BCUT2D eigenvalue weighted by molar-refractivity contribution is -0.120. The highest BCUT2D eigenvalue weighted by atomic mass is 16.5. The van der Waals surface area contributed by atoms with Gasteiger partial charge in [-0.15, -0.1) is 0 Å². The minimum atomic E-state index is 0.0247. The Labute approximate surface area is 150 Å². The Hall–Kier alpha value is -1.59. The Morgan fingerprint density at radius 2 is 2.08 bits per heavy atom. The predicted molar refractivity (Wildman–Crippen MR) is 98.8 cm³/mol. The molecule has 138 valence electrons. The summed E-state index contributed by atoms with van der Waals surface area (Å²) in [6.45, 7) is 4.39. The summed E-state index contributed by atoms with van der Waals surface area (Å²) >= 11 is 0. The lowest BCUT2D eigenvalue weighted by Crippen LogP contribution is -2.34. The van der Waals surface area contributed by atoms with E-state index in [0.29, 0.717) is 12.5 Å². The van der Waals surface area contributed by atoms with Crippen LogP contribution in [0.2, 0.25) is 0 Å². The Morgan fingerprint density at radius 1 is 1.28 bits per heavy atom. The smallest absolute Gasteiger partial charge is 0.227 e. The van der Waals surface area contributed by atoms with Gasteiger partial charge in [-0.1, -0.05) is 12.5 Å². The van der Waals surface area contributed by atoms with Crippen molar-refractivity contribution < 1.29 is 14.3 Å². The molecule has 2 atom stereocenters. The van der Waals surface area contributed by atoms with Crippen molar-refractivity contribution in [2.75, 3.05) is 25.1 Å². The molecule has 5 nitrogen and oxygen atoms in total. The number of ether oxygens (including phenoxy) is 2. The molecular formula is C20H30N2O3. The fourth-order valence-electron chi connectivity index (χ4n) is 3.66. The standard InChI is InChI=1S/C20H30N2O3/c1-14-5-6-18(22-20(23)16-3-2-4-17(21)11-16)12-19(14)25-13-15-7-9-24-10-8-15/h5-6,12,15-17H,2-4,7-11,13,21H2,1H3,(H,22,23).